The minimum Gasteiger partial charge on any atom is -0.339 e. The summed E-state index contributed by atoms with van der Waals surface area (Å²) in [7, 11) is 0. The van der Waals surface area contributed by atoms with Gasteiger partial charge in [-0.3, -0.25) is 4.79 Å². The summed E-state index contributed by atoms with van der Waals surface area (Å²) in [4.78, 5) is 16.2. The van der Waals surface area contributed by atoms with Crippen LogP contribution in [0, 0.1) is 11.3 Å². The number of hydrogen-bond donors (Lipinski definition) is 1. The Kier molecular flexibility index (Phi) is 4.10. The molecule has 1 amide bonds. The molecule has 2 aromatic heterocycles. The van der Waals surface area contributed by atoms with Gasteiger partial charge in [-0.2, -0.15) is 23.5 Å². The summed E-state index contributed by atoms with van der Waals surface area (Å²) in [5.41, 5.74) is -0.881. The van der Waals surface area contributed by atoms with Crippen LogP contribution in [0.5, 0.6) is 0 Å². The lowest BCUT2D eigenvalue weighted by Gasteiger charge is -2.11. The van der Waals surface area contributed by atoms with Crippen molar-refractivity contribution in [3.63, 3.8) is 0 Å². The van der Waals surface area contributed by atoms with E-state index in [2.05, 4.69) is 15.4 Å². The average molecular weight is 345 g/mol. The zero-order valence-electron chi connectivity index (χ0n) is 12.6. The standard InChI is InChI=1S/C16H10F3N5O/c17-16(18,19)13-8-12(10-4-2-1-3-5-10)23-14-11(9-22-24(13)14)15(25)21-7-6-20/h1-5,8-9H,7H2,(H,21,25). The van der Waals surface area contributed by atoms with E-state index in [1.54, 1.807) is 36.4 Å². The molecule has 1 N–H and O–H groups in total. The van der Waals surface area contributed by atoms with E-state index in [0.717, 1.165) is 12.3 Å². The number of fused-ring (bicyclic) bond motifs is 1. The Morgan fingerprint density at radius 3 is 2.64 bits per heavy atom. The second-order valence-electron chi connectivity index (χ2n) is 5.02. The van der Waals surface area contributed by atoms with Gasteiger partial charge in [0.15, 0.2) is 11.3 Å². The fourth-order valence-electron chi connectivity index (χ4n) is 2.30. The minimum absolute atomic E-state index is 0.0651. The lowest BCUT2D eigenvalue weighted by Crippen LogP contribution is -2.23. The fraction of sp³-hybridized carbons (Fsp3) is 0.125. The third kappa shape index (κ3) is 3.14. The maximum atomic E-state index is 13.4. The molecular formula is C16H10F3N5O. The Morgan fingerprint density at radius 1 is 1.28 bits per heavy atom. The number of carbonyl (C=O) groups is 1. The highest BCUT2D eigenvalue weighted by Crippen LogP contribution is 2.32. The van der Waals surface area contributed by atoms with Gasteiger partial charge in [0, 0.05) is 5.56 Å². The van der Waals surface area contributed by atoms with Crippen LogP contribution in [-0.2, 0) is 6.18 Å². The second-order valence-corrected chi connectivity index (χ2v) is 5.02. The molecule has 0 fully saturated rings. The predicted molar refractivity (Wildman–Crippen MR) is 81.4 cm³/mol. The lowest BCUT2D eigenvalue weighted by molar-refractivity contribution is -0.142. The van der Waals surface area contributed by atoms with Gasteiger partial charge in [0.1, 0.15) is 12.1 Å². The molecule has 3 aromatic rings. The maximum Gasteiger partial charge on any atom is 0.433 e. The summed E-state index contributed by atoms with van der Waals surface area (Å²) in [5, 5.41) is 14.4. The van der Waals surface area contributed by atoms with E-state index in [0.29, 0.717) is 10.1 Å². The first-order valence-corrected chi connectivity index (χ1v) is 7.08. The summed E-state index contributed by atoms with van der Waals surface area (Å²) in [6, 6.07) is 10.9. The summed E-state index contributed by atoms with van der Waals surface area (Å²) in [6.45, 7) is -0.277. The molecule has 1 aromatic carbocycles. The van der Waals surface area contributed by atoms with E-state index in [-0.39, 0.29) is 23.4 Å². The van der Waals surface area contributed by atoms with Crippen molar-refractivity contribution in [2.75, 3.05) is 6.54 Å². The first-order chi connectivity index (χ1) is 11.9. The second kappa shape index (κ2) is 6.24. The number of benzene rings is 1. The summed E-state index contributed by atoms with van der Waals surface area (Å²) < 4.78 is 40.8. The molecule has 0 unspecified atom stereocenters. The smallest absolute Gasteiger partial charge is 0.339 e. The van der Waals surface area contributed by atoms with Gasteiger partial charge >= 0.3 is 6.18 Å². The first kappa shape index (κ1) is 16.4. The summed E-state index contributed by atoms with van der Waals surface area (Å²) >= 11 is 0. The van der Waals surface area contributed by atoms with Crippen molar-refractivity contribution in [1.82, 2.24) is 19.9 Å². The number of alkyl halides is 3. The number of rotatable bonds is 3. The number of nitrogens with zero attached hydrogens (tertiary/aromatic N) is 4. The quantitative estimate of drug-likeness (QED) is 0.740. The highest BCUT2D eigenvalue weighted by molar-refractivity contribution is 6.00. The Bertz CT molecular complexity index is 973. The monoisotopic (exact) mass is 345 g/mol. The number of halogens is 3. The molecule has 0 saturated carbocycles. The molecule has 0 atom stereocenters. The van der Waals surface area contributed by atoms with Crippen LogP contribution >= 0.6 is 0 Å². The van der Waals surface area contributed by atoms with Crippen molar-refractivity contribution in [3.05, 3.63) is 53.9 Å². The topological polar surface area (TPSA) is 83.1 Å². The van der Waals surface area contributed by atoms with Crippen LogP contribution in [0.25, 0.3) is 16.9 Å². The maximum absolute atomic E-state index is 13.4. The van der Waals surface area contributed by atoms with Crippen molar-refractivity contribution >= 4 is 11.6 Å². The van der Waals surface area contributed by atoms with Gasteiger partial charge in [0.2, 0.25) is 0 Å². The predicted octanol–water partition coefficient (Wildman–Crippen LogP) is 2.67. The van der Waals surface area contributed by atoms with Crippen LogP contribution in [0.2, 0.25) is 0 Å². The number of nitrogens with one attached hydrogen (secondary N) is 1. The van der Waals surface area contributed by atoms with Crippen molar-refractivity contribution in [2.45, 2.75) is 6.18 Å². The number of nitriles is 1. The van der Waals surface area contributed by atoms with E-state index in [1.807, 2.05) is 0 Å². The van der Waals surface area contributed by atoms with Gasteiger partial charge in [-0.05, 0) is 6.07 Å². The highest BCUT2D eigenvalue weighted by Gasteiger charge is 2.36. The van der Waals surface area contributed by atoms with Gasteiger partial charge in [-0.15, -0.1) is 0 Å². The molecule has 0 bridgehead atoms. The zero-order valence-corrected chi connectivity index (χ0v) is 12.6. The average Bonchev–Trinajstić information content (AvgIpc) is 3.02. The van der Waals surface area contributed by atoms with E-state index < -0.39 is 17.8 Å². The third-order valence-corrected chi connectivity index (χ3v) is 3.40. The number of carbonyl (C=O) groups excluding carboxylic acids is 1. The molecular weight excluding hydrogens is 335 g/mol. The first-order valence-electron chi connectivity index (χ1n) is 7.08. The van der Waals surface area contributed by atoms with Gasteiger partial charge in [0.25, 0.3) is 5.91 Å². The van der Waals surface area contributed by atoms with Gasteiger partial charge in [0.05, 0.1) is 18.0 Å². The number of amides is 1. The molecule has 0 aliphatic heterocycles. The van der Waals surface area contributed by atoms with E-state index >= 15 is 0 Å². The van der Waals surface area contributed by atoms with Gasteiger partial charge < -0.3 is 5.32 Å². The Labute approximate surface area is 139 Å². The van der Waals surface area contributed by atoms with Crippen LogP contribution in [0.3, 0.4) is 0 Å². The summed E-state index contributed by atoms with van der Waals surface area (Å²) in [6.07, 6.45) is -3.68. The zero-order chi connectivity index (χ0) is 18.0. The molecule has 3 rings (SSSR count). The van der Waals surface area contributed by atoms with Crippen LogP contribution < -0.4 is 5.32 Å². The number of hydrogen-bond acceptors (Lipinski definition) is 4. The van der Waals surface area contributed by atoms with Crippen LogP contribution in [-0.4, -0.2) is 27.0 Å². The molecule has 25 heavy (non-hydrogen) atoms. The lowest BCUT2D eigenvalue weighted by atomic mass is 10.1. The van der Waals surface area contributed by atoms with Crippen LogP contribution in [0.4, 0.5) is 13.2 Å². The van der Waals surface area contributed by atoms with E-state index in [9.17, 15) is 18.0 Å². The fourth-order valence-corrected chi connectivity index (χ4v) is 2.30. The summed E-state index contributed by atoms with van der Waals surface area (Å²) in [5.74, 6) is -0.720. The molecule has 0 aliphatic rings. The normalized spacial score (nSPS) is 11.3. The molecule has 126 valence electrons. The van der Waals surface area contributed by atoms with Gasteiger partial charge in [-0.25, -0.2) is 9.50 Å². The number of aromatic nitrogens is 3. The minimum atomic E-state index is -4.68. The van der Waals surface area contributed by atoms with E-state index in [4.69, 9.17) is 5.26 Å². The van der Waals surface area contributed by atoms with Gasteiger partial charge in [-0.1, -0.05) is 30.3 Å². The Morgan fingerprint density at radius 2 is 2.00 bits per heavy atom. The van der Waals surface area contributed by atoms with Crippen molar-refractivity contribution < 1.29 is 18.0 Å². The molecule has 0 spiro atoms. The molecule has 0 aliphatic carbocycles. The van der Waals surface area contributed by atoms with E-state index in [1.165, 1.54) is 0 Å². The molecule has 0 saturated heterocycles. The van der Waals surface area contributed by atoms with Crippen LogP contribution in [0.15, 0.2) is 42.6 Å². The van der Waals surface area contributed by atoms with Crippen molar-refractivity contribution in [2.24, 2.45) is 0 Å². The molecule has 9 heteroatoms. The molecule has 0 radical (unpaired) electrons. The highest BCUT2D eigenvalue weighted by atomic mass is 19.4. The third-order valence-electron chi connectivity index (χ3n) is 3.40. The Balaban J connectivity index is 2.23. The Hall–Kier alpha value is -3.41. The largest absolute Gasteiger partial charge is 0.433 e. The molecule has 2 heterocycles. The van der Waals surface area contributed by atoms with Crippen molar-refractivity contribution in [3.8, 4) is 17.3 Å². The SMILES string of the molecule is N#CCNC(=O)c1cnn2c(C(F)(F)F)cc(-c3ccccc3)nc12. The van der Waals surface area contributed by atoms with Crippen LogP contribution in [0.1, 0.15) is 16.1 Å². The molecule has 6 nitrogen and oxygen atoms in total. The van der Waals surface area contributed by atoms with Crippen molar-refractivity contribution in [1.29, 1.82) is 5.26 Å².